The molecule has 0 unspecified atom stereocenters. The molecular formula is C19H27NO4. The maximum atomic E-state index is 11.9. The lowest BCUT2D eigenvalue weighted by molar-refractivity contribution is -0.145. The summed E-state index contributed by atoms with van der Waals surface area (Å²) in [7, 11) is 0. The van der Waals surface area contributed by atoms with Gasteiger partial charge < -0.3 is 15.2 Å². The number of rotatable bonds is 8. The molecule has 1 amide bonds. The SMILES string of the molecule is CCCc1ccc(OCC(=O)NC[C@@H]2CCCC[C@@H]2C(=O)O)cc1. The summed E-state index contributed by atoms with van der Waals surface area (Å²) < 4.78 is 5.49. The van der Waals surface area contributed by atoms with Gasteiger partial charge in [-0.2, -0.15) is 0 Å². The van der Waals surface area contributed by atoms with Crippen LogP contribution in [0.1, 0.15) is 44.6 Å². The minimum absolute atomic E-state index is 0.0218. The Morgan fingerprint density at radius 1 is 1.21 bits per heavy atom. The minimum atomic E-state index is -0.752. The zero-order chi connectivity index (χ0) is 17.4. The third-order valence-corrected chi connectivity index (χ3v) is 4.62. The summed E-state index contributed by atoms with van der Waals surface area (Å²) in [6.07, 6.45) is 5.69. The normalized spacial score (nSPS) is 20.4. The summed E-state index contributed by atoms with van der Waals surface area (Å²) in [5, 5.41) is 12.1. The summed E-state index contributed by atoms with van der Waals surface area (Å²) in [5.74, 6) is -0.606. The number of nitrogens with one attached hydrogen (secondary N) is 1. The van der Waals surface area contributed by atoms with Gasteiger partial charge in [0, 0.05) is 6.54 Å². The van der Waals surface area contributed by atoms with Crippen LogP contribution >= 0.6 is 0 Å². The molecule has 0 bridgehead atoms. The fourth-order valence-corrected chi connectivity index (χ4v) is 3.26. The number of carbonyl (C=O) groups excluding carboxylic acids is 1. The van der Waals surface area contributed by atoms with E-state index >= 15 is 0 Å². The van der Waals surface area contributed by atoms with Gasteiger partial charge in [0.1, 0.15) is 5.75 Å². The van der Waals surface area contributed by atoms with Gasteiger partial charge in [-0.1, -0.05) is 38.3 Å². The highest BCUT2D eigenvalue weighted by Crippen LogP contribution is 2.29. The fourth-order valence-electron chi connectivity index (χ4n) is 3.26. The van der Waals surface area contributed by atoms with Gasteiger partial charge in [0.15, 0.2) is 6.61 Å². The average Bonchev–Trinajstić information content (AvgIpc) is 2.59. The molecule has 1 aliphatic rings. The van der Waals surface area contributed by atoms with E-state index < -0.39 is 5.97 Å². The molecule has 0 heterocycles. The highest BCUT2D eigenvalue weighted by atomic mass is 16.5. The van der Waals surface area contributed by atoms with Crippen LogP contribution < -0.4 is 10.1 Å². The number of hydrogen-bond acceptors (Lipinski definition) is 3. The van der Waals surface area contributed by atoms with E-state index in [1.165, 1.54) is 5.56 Å². The Hall–Kier alpha value is -2.04. The molecule has 24 heavy (non-hydrogen) atoms. The van der Waals surface area contributed by atoms with Gasteiger partial charge in [-0.3, -0.25) is 9.59 Å². The fraction of sp³-hybridized carbons (Fsp3) is 0.579. The van der Waals surface area contributed by atoms with Gasteiger partial charge in [0.05, 0.1) is 5.92 Å². The van der Waals surface area contributed by atoms with Crippen molar-refractivity contribution in [1.29, 1.82) is 0 Å². The smallest absolute Gasteiger partial charge is 0.306 e. The van der Waals surface area contributed by atoms with Crippen molar-refractivity contribution < 1.29 is 19.4 Å². The molecule has 5 nitrogen and oxygen atoms in total. The van der Waals surface area contributed by atoms with Crippen LogP contribution in [0.2, 0.25) is 0 Å². The number of benzene rings is 1. The number of aryl methyl sites for hydroxylation is 1. The standard InChI is InChI=1S/C19H27NO4/c1-2-5-14-8-10-16(11-9-14)24-13-18(21)20-12-15-6-3-4-7-17(15)19(22)23/h8-11,15,17H,2-7,12-13H2,1H3,(H,20,21)(H,22,23)/t15-,17-/m0/s1. The topological polar surface area (TPSA) is 75.6 Å². The molecule has 5 heteroatoms. The summed E-state index contributed by atoms with van der Waals surface area (Å²) in [6, 6.07) is 7.77. The second-order valence-electron chi connectivity index (χ2n) is 6.48. The molecular weight excluding hydrogens is 306 g/mol. The van der Waals surface area contributed by atoms with Crippen molar-refractivity contribution >= 4 is 11.9 Å². The van der Waals surface area contributed by atoms with Crippen molar-refractivity contribution in [2.24, 2.45) is 11.8 Å². The van der Waals surface area contributed by atoms with Crippen molar-refractivity contribution in [2.75, 3.05) is 13.2 Å². The summed E-state index contributed by atoms with van der Waals surface area (Å²) in [6.45, 7) is 2.50. The van der Waals surface area contributed by atoms with Crippen LogP contribution in [0.15, 0.2) is 24.3 Å². The zero-order valence-electron chi connectivity index (χ0n) is 14.3. The van der Waals surface area contributed by atoms with Gasteiger partial charge in [0.25, 0.3) is 5.91 Å². The van der Waals surface area contributed by atoms with Crippen LogP contribution in [0.3, 0.4) is 0 Å². The predicted octanol–water partition coefficient (Wildman–Crippen LogP) is 3.03. The Bertz CT molecular complexity index is 541. The predicted molar refractivity (Wildman–Crippen MR) is 92.0 cm³/mol. The van der Waals surface area contributed by atoms with E-state index in [2.05, 4.69) is 12.2 Å². The van der Waals surface area contributed by atoms with E-state index in [9.17, 15) is 14.7 Å². The van der Waals surface area contributed by atoms with Crippen LogP contribution in [0, 0.1) is 11.8 Å². The van der Waals surface area contributed by atoms with Gasteiger partial charge in [0.2, 0.25) is 0 Å². The number of aliphatic carboxylic acids is 1. The molecule has 1 aliphatic carbocycles. The molecule has 1 fully saturated rings. The van der Waals surface area contributed by atoms with E-state index in [4.69, 9.17) is 4.74 Å². The highest BCUT2D eigenvalue weighted by Gasteiger charge is 2.30. The van der Waals surface area contributed by atoms with Crippen molar-refractivity contribution in [3.63, 3.8) is 0 Å². The van der Waals surface area contributed by atoms with Crippen molar-refractivity contribution in [1.82, 2.24) is 5.32 Å². The van der Waals surface area contributed by atoms with Crippen molar-refractivity contribution in [3.8, 4) is 5.75 Å². The lowest BCUT2D eigenvalue weighted by atomic mass is 9.79. The van der Waals surface area contributed by atoms with E-state index in [0.29, 0.717) is 18.7 Å². The summed E-state index contributed by atoms with van der Waals surface area (Å²) >= 11 is 0. The second-order valence-corrected chi connectivity index (χ2v) is 6.48. The number of amides is 1. The molecule has 0 saturated heterocycles. The number of carboxylic acids is 1. The number of ether oxygens (including phenoxy) is 1. The quantitative estimate of drug-likeness (QED) is 0.767. The Kier molecular flexibility index (Phi) is 7.09. The Labute approximate surface area is 143 Å². The number of carbonyl (C=O) groups is 2. The second kappa shape index (κ2) is 9.30. The number of carboxylic acid groups (broad SMARTS) is 1. The highest BCUT2D eigenvalue weighted by molar-refractivity contribution is 5.77. The van der Waals surface area contributed by atoms with Gasteiger partial charge in [-0.25, -0.2) is 0 Å². The molecule has 0 radical (unpaired) electrons. The first kappa shape index (κ1) is 18.3. The van der Waals surface area contributed by atoms with E-state index in [0.717, 1.165) is 32.1 Å². The third kappa shape index (κ3) is 5.55. The van der Waals surface area contributed by atoms with E-state index in [-0.39, 0.29) is 24.3 Å². The Balaban J connectivity index is 1.73. The van der Waals surface area contributed by atoms with Crippen LogP contribution in [-0.4, -0.2) is 30.1 Å². The molecule has 1 aromatic rings. The Morgan fingerprint density at radius 2 is 1.92 bits per heavy atom. The molecule has 1 aromatic carbocycles. The maximum Gasteiger partial charge on any atom is 0.306 e. The van der Waals surface area contributed by atoms with E-state index in [1.54, 1.807) is 0 Å². The first-order valence-electron chi connectivity index (χ1n) is 8.81. The van der Waals surface area contributed by atoms with Crippen LogP contribution in [-0.2, 0) is 16.0 Å². The van der Waals surface area contributed by atoms with Crippen molar-refractivity contribution in [3.05, 3.63) is 29.8 Å². The molecule has 2 N–H and O–H groups in total. The maximum absolute atomic E-state index is 11.9. The first-order chi connectivity index (χ1) is 11.6. The Morgan fingerprint density at radius 3 is 2.58 bits per heavy atom. The average molecular weight is 333 g/mol. The van der Waals surface area contributed by atoms with E-state index in [1.807, 2.05) is 24.3 Å². The molecule has 1 saturated carbocycles. The molecule has 0 aliphatic heterocycles. The van der Waals surface area contributed by atoms with Crippen LogP contribution in [0.4, 0.5) is 0 Å². The lowest BCUT2D eigenvalue weighted by Gasteiger charge is -2.28. The van der Waals surface area contributed by atoms with Crippen LogP contribution in [0.5, 0.6) is 5.75 Å². The van der Waals surface area contributed by atoms with Crippen molar-refractivity contribution in [2.45, 2.75) is 45.4 Å². The molecule has 2 atom stereocenters. The first-order valence-corrected chi connectivity index (χ1v) is 8.81. The molecule has 132 valence electrons. The minimum Gasteiger partial charge on any atom is -0.484 e. The van der Waals surface area contributed by atoms with Gasteiger partial charge in [-0.15, -0.1) is 0 Å². The van der Waals surface area contributed by atoms with Gasteiger partial charge >= 0.3 is 5.97 Å². The molecule has 0 spiro atoms. The number of hydrogen-bond donors (Lipinski definition) is 2. The monoisotopic (exact) mass is 333 g/mol. The molecule has 0 aromatic heterocycles. The zero-order valence-corrected chi connectivity index (χ0v) is 14.3. The van der Waals surface area contributed by atoms with Crippen LogP contribution in [0.25, 0.3) is 0 Å². The largest absolute Gasteiger partial charge is 0.484 e. The summed E-state index contributed by atoms with van der Waals surface area (Å²) in [4.78, 5) is 23.2. The summed E-state index contributed by atoms with van der Waals surface area (Å²) in [5.41, 5.74) is 1.26. The lowest BCUT2D eigenvalue weighted by Crippen LogP contribution is -2.38. The third-order valence-electron chi connectivity index (χ3n) is 4.62. The molecule has 2 rings (SSSR count). The van der Waals surface area contributed by atoms with Gasteiger partial charge in [-0.05, 0) is 42.9 Å².